The molecule has 0 saturated carbocycles. The highest BCUT2D eigenvalue weighted by Crippen LogP contribution is 2.29. The van der Waals surface area contributed by atoms with Crippen molar-refractivity contribution in [3.8, 4) is 5.75 Å². The van der Waals surface area contributed by atoms with Crippen LogP contribution in [0.5, 0.6) is 5.75 Å². The molecule has 0 atom stereocenters. The number of methoxy groups -OCH3 is 1. The zero-order chi connectivity index (χ0) is 19.7. The quantitative estimate of drug-likeness (QED) is 0.388. The molecule has 2 aromatic carbocycles. The molecule has 0 bridgehead atoms. The average Bonchev–Trinajstić information content (AvgIpc) is 2.62. The third-order valence-electron chi connectivity index (χ3n) is 3.95. The molecule has 0 aliphatic rings. The number of fused-ring (bicyclic) bond motifs is 1. The fourth-order valence-corrected chi connectivity index (χ4v) is 2.98. The molecule has 0 aliphatic carbocycles. The lowest BCUT2D eigenvalue weighted by Gasteiger charge is -2.13. The lowest BCUT2D eigenvalue weighted by Crippen LogP contribution is -2.18. The van der Waals surface area contributed by atoms with Gasteiger partial charge in [0.1, 0.15) is 17.1 Å². The number of aromatic amines is 1. The van der Waals surface area contributed by atoms with Gasteiger partial charge in [-0.05, 0) is 19.1 Å². The van der Waals surface area contributed by atoms with Gasteiger partial charge in [-0.3, -0.25) is 19.7 Å². The van der Waals surface area contributed by atoms with Gasteiger partial charge in [-0.1, -0.05) is 17.7 Å². The van der Waals surface area contributed by atoms with Crippen LogP contribution >= 0.6 is 11.6 Å². The van der Waals surface area contributed by atoms with Gasteiger partial charge in [-0.15, -0.1) is 0 Å². The number of hydrogen-bond donors (Lipinski definition) is 2. The Balaban J connectivity index is 2.26. The van der Waals surface area contributed by atoms with Gasteiger partial charge in [0.15, 0.2) is 5.78 Å². The number of H-pyrrole nitrogens is 1. The number of halogens is 1. The number of carbonyl (C=O) groups excluding carboxylic acids is 1. The molecular formula is C18H14ClN3O5. The van der Waals surface area contributed by atoms with Crippen LogP contribution in [0.4, 0.5) is 17.2 Å². The number of anilines is 2. The molecule has 0 fully saturated rings. The van der Waals surface area contributed by atoms with E-state index >= 15 is 0 Å². The first-order chi connectivity index (χ1) is 12.8. The number of nitro groups is 1. The lowest BCUT2D eigenvalue weighted by molar-refractivity contribution is -0.384. The van der Waals surface area contributed by atoms with E-state index in [1.54, 1.807) is 24.3 Å². The molecule has 1 aromatic heterocycles. The van der Waals surface area contributed by atoms with Crippen LogP contribution in [0.3, 0.4) is 0 Å². The van der Waals surface area contributed by atoms with Gasteiger partial charge in [0, 0.05) is 23.9 Å². The molecule has 0 aliphatic heterocycles. The summed E-state index contributed by atoms with van der Waals surface area (Å²) in [6, 6.07) is 9.14. The highest BCUT2D eigenvalue weighted by atomic mass is 35.5. The number of Topliss-reactive ketones (excluding diaryl/α,β-unsaturated/α-hetero) is 1. The van der Waals surface area contributed by atoms with E-state index in [4.69, 9.17) is 16.3 Å². The Labute approximate surface area is 157 Å². The summed E-state index contributed by atoms with van der Waals surface area (Å²) in [6.07, 6.45) is 0. The maximum atomic E-state index is 12.8. The Kier molecular flexibility index (Phi) is 4.83. The molecule has 0 saturated heterocycles. The lowest BCUT2D eigenvalue weighted by atomic mass is 10.1. The van der Waals surface area contributed by atoms with Gasteiger partial charge < -0.3 is 15.0 Å². The number of ether oxygens (including phenoxy) is 1. The van der Waals surface area contributed by atoms with E-state index in [0.717, 1.165) is 12.1 Å². The number of benzene rings is 2. The highest BCUT2D eigenvalue weighted by Gasteiger charge is 2.20. The number of ketones is 1. The van der Waals surface area contributed by atoms with Gasteiger partial charge in [0.25, 0.3) is 5.69 Å². The smallest absolute Gasteiger partial charge is 0.271 e. The topological polar surface area (TPSA) is 114 Å². The van der Waals surface area contributed by atoms with Crippen LogP contribution in [0.1, 0.15) is 17.3 Å². The highest BCUT2D eigenvalue weighted by molar-refractivity contribution is 6.35. The summed E-state index contributed by atoms with van der Waals surface area (Å²) in [7, 11) is 1.52. The molecule has 0 amide bonds. The Morgan fingerprint density at radius 1 is 1.30 bits per heavy atom. The monoisotopic (exact) mass is 387 g/mol. The predicted octanol–water partition coefficient (Wildman–Crippen LogP) is 4.04. The van der Waals surface area contributed by atoms with E-state index in [-0.39, 0.29) is 33.0 Å². The van der Waals surface area contributed by atoms with E-state index in [0.29, 0.717) is 11.4 Å². The van der Waals surface area contributed by atoms with Crippen molar-refractivity contribution in [2.45, 2.75) is 6.92 Å². The zero-order valence-corrected chi connectivity index (χ0v) is 15.1. The van der Waals surface area contributed by atoms with Crippen molar-refractivity contribution in [2.75, 3.05) is 12.4 Å². The Hall–Kier alpha value is -3.39. The fraction of sp³-hybridized carbons (Fsp3) is 0.111. The minimum atomic E-state index is -0.652. The second-order valence-electron chi connectivity index (χ2n) is 5.72. The molecule has 3 rings (SSSR count). The second kappa shape index (κ2) is 7.08. The minimum Gasteiger partial charge on any atom is -0.497 e. The van der Waals surface area contributed by atoms with Crippen LogP contribution in [0, 0.1) is 10.1 Å². The molecule has 8 nitrogen and oxygen atoms in total. The summed E-state index contributed by atoms with van der Waals surface area (Å²) in [6.45, 7) is 1.24. The van der Waals surface area contributed by atoms with Crippen LogP contribution in [0.25, 0.3) is 10.9 Å². The predicted molar refractivity (Wildman–Crippen MR) is 103 cm³/mol. The number of pyridine rings is 1. The van der Waals surface area contributed by atoms with Crippen molar-refractivity contribution in [1.82, 2.24) is 4.98 Å². The maximum Gasteiger partial charge on any atom is 0.271 e. The third-order valence-corrected chi connectivity index (χ3v) is 4.25. The number of non-ortho nitro benzene ring substituents is 1. The van der Waals surface area contributed by atoms with Crippen molar-refractivity contribution < 1.29 is 14.5 Å². The Morgan fingerprint density at radius 2 is 2.04 bits per heavy atom. The zero-order valence-electron chi connectivity index (χ0n) is 14.3. The summed E-state index contributed by atoms with van der Waals surface area (Å²) < 4.78 is 5.16. The van der Waals surface area contributed by atoms with Gasteiger partial charge in [0.2, 0.25) is 5.43 Å². The van der Waals surface area contributed by atoms with Crippen LogP contribution in [0.15, 0.2) is 41.2 Å². The minimum absolute atomic E-state index is 0.0000873. The SMILES string of the molecule is COc1cccc(Nc2[nH]c3c(Cl)cc([N+](=O)[O-])cc3c(=O)c2C(C)=O)c1. The normalized spacial score (nSPS) is 10.6. The molecule has 138 valence electrons. The van der Waals surface area contributed by atoms with E-state index in [1.807, 2.05) is 0 Å². The van der Waals surface area contributed by atoms with Crippen molar-refractivity contribution in [2.24, 2.45) is 0 Å². The number of hydrogen-bond acceptors (Lipinski definition) is 6. The maximum absolute atomic E-state index is 12.8. The average molecular weight is 388 g/mol. The molecule has 0 spiro atoms. The van der Waals surface area contributed by atoms with Gasteiger partial charge in [0.05, 0.1) is 28.0 Å². The number of aromatic nitrogens is 1. The number of nitrogens with zero attached hydrogens (tertiary/aromatic N) is 1. The molecule has 27 heavy (non-hydrogen) atoms. The molecule has 3 aromatic rings. The van der Waals surface area contributed by atoms with Crippen LogP contribution < -0.4 is 15.5 Å². The van der Waals surface area contributed by atoms with E-state index in [9.17, 15) is 19.7 Å². The number of nitro benzene ring substituents is 1. The van der Waals surface area contributed by atoms with Crippen LogP contribution in [0.2, 0.25) is 5.02 Å². The molecule has 0 unspecified atom stereocenters. The first-order valence-electron chi connectivity index (χ1n) is 7.77. The largest absolute Gasteiger partial charge is 0.497 e. The molecule has 9 heteroatoms. The standard InChI is InChI=1S/C18H14ClN3O5/c1-9(23)15-17(24)13-7-11(22(25)26)8-14(19)16(13)21-18(15)20-10-4-3-5-12(6-10)27-2/h3-8H,1-2H3,(H2,20,21,24). The van der Waals surface area contributed by atoms with Crippen LogP contribution in [-0.2, 0) is 0 Å². The van der Waals surface area contributed by atoms with Crippen molar-refractivity contribution in [1.29, 1.82) is 0 Å². The summed E-state index contributed by atoms with van der Waals surface area (Å²) in [5.74, 6) is 0.233. The summed E-state index contributed by atoms with van der Waals surface area (Å²) >= 11 is 6.13. The number of carbonyl (C=O) groups is 1. The van der Waals surface area contributed by atoms with E-state index in [2.05, 4.69) is 10.3 Å². The van der Waals surface area contributed by atoms with Gasteiger partial charge in [-0.25, -0.2) is 0 Å². The Morgan fingerprint density at radius 3 is 2.67 bits per heavy atom. The summed E-state index contributed by atoms with van der Waals surface area (Å²) in [5, 5.41) is 14.0. The van der Waals surface area contributed by atoms with E-state index in [1.165, 1.54) is 14.0 Å². The second-order valence-corrected chi connectivity index (χ2v) is 6.13. The molecule has 1 heterocycles. The molecular weight excluding hydrogens is 374 g/mol. The van der Waals surface area contributed by atoms with Gasteiger partial charge >= 0.3 is 0 Å². The van der Waals surface area contributed by atoms with Crippen molar-refractivity contribution in [3.05, 3.63) is 67.3 Å². The fourth-order valence-electron chi connectivity index (χ4n) is 2.71. The van der Waals surface area contributed by atoms with Crippen molar-refractivity contribution in [3.63, 3.8) is 0 Å². The summed E-state index contributed by atoms with van der Waals surface area (Å²) in [5.41, 5.74) is -0.359. The molecule has 2 N–H and O–H groups in total. The van der Waals surface area contributed by atoms with Gasteiger partial charge in [-0.2, -0.15) is 0 Å². The van der Waals surface area contributed by atoms with E-state index < -0.39 is 16.1 Å². The first-order valence-corrected chi connectivity index (χ1v) is 8.15. The first kappa shape index (κ1) is 18.4. The van der Waals surface area contributed by atoms with Crippen LogP contribution in [-0.4, -0.2) is 22.8 Å². The number of nitrogens with one attached hydrogen (secondary N) is 2. The Bertz CT molecular complexity index is 1140. The third kappa shape index (κ3) is 3.47. The number of rotatable bonds is 5. The summed E-state index contributed by atoms with van der Waals surface area (Å²) in [4.78, 5) is 38.2. The van der Waals surface area contributed by atoms with Crippen molar-refractivity contribution >= 4 is 45.5 Å². The molecule has 0 radical (unpaired) electrons.